The summed E-state index contributed by atoms with van der Waals surface area (Å²) in [4.78, 5) is 21.5. The number of quaternary nitrogens is 1. The molecule has 0 radical (unpaired) electrons. The Morgan fingerprint density at radius 2 is 2.00 bits per heavy atom. The van der Waals surface area contributed by atoms with Crippen molar-refractivity contribution in [2.24, 2.45) is 0 Å². The summed E-state index contributed by atoms with van der Waals surface area (Å²) in [6.07, 6.45) is -1.77. The summed E-state index contributed by atoms with van der Waals surface area (Å²) in [7, 11) is 0. The molecule has 0 unspecified atom stereocenters. The molecule has 25 heavy (non-hydrogen) atoms. The summed E-state index contributed by atoms with van der Waals surface area (Å²) in [5, 5.41) is 27.2. The average Bonchev–Trinajstić information content (AvgIpc) is 2.54. The van der Waals surface area contributed by atoms with Gasteiger partial charge in [-0.2, -0.15) is 0 Å². The zero-order valence-corrected chi connectivity index (χ0v) is 14.8. The van der Waals surface area contributed by atoms with Crippen LogP contribution in [-0.4, -0.2) is 48.6 Å². The molecule has 8 nitrogen and oxygen atoms in total. The van der Waals surface area contributed by atoms with Crippen molar-refractivity contribution < 1.29 is 29.9 Å². The maximum Gasteiger partial charge on any atom is 0.412 e. The van der Waals surface area contributed by atoms with Crippen LogP contribution in [0.25, 0.3) is 0 Å². The lowest BCUT2D eigenvalue weighted by molar-refractivity contribution is -0.696. The number of aliphatic hydroxyl groups excluding tert-OH is 1. The Hall–Kier alpha value is -2.16. The van der Waals surface area contributed by atoms with Crippen LogP contribution >= 0.6 is 0 Å². The highest BCUT2D eigenvalue weighted by Gasteiger charge is 2.22. The summed E-state index contributed by atoms with van der Waals surface area (Å²) >= 11 is 0. The Labute approximate surface area is 147 Å². The number of aliphatic carboxylic acids is 1. The van der Waals surface area contributed by atoms with Crippen molar-refractivity contribution >= 4 is 12.1 Å². The normalized spacial score (nSPS) is 18.3. The van der Waals surface area contributed by atoms with Crippen molar-refractivity contribution in [2.75, 3.05) is 19.6 Å². The third kappa shape index (κ3) is 9.04. The van der Waals surface area contributed by atoms with E-state index in [1.165, 1.54) is 12.1 Å². The van der Waals surface area contributed by atoms with E-state index in [0.717, 1.165) is 19.6 Å². The largest absolute Gasteiger partial charge is 0.547 e. The molecule has 2 atom stereocenters. The number of carboxylic acid groups (broad SMARTS) is 1. The second-order valence-electron chi connectivity index (χ2n) is 6.61. The van der Waals surface area contributed by atoms with Crippen LogP contribution in [0.1, 0.15) is 32.4 Å². The summed E-state index contributed by atoms with van der Waals surface area (Å²) in [6, 6.07) is 8.11. The van der Waals surface area contributed by atoms with Crippen molar-refractivity contribution in [1.82, 2.24) is 10.6 Å². The van der Waals surface area contributed by atoms with Crippen LogP contribution < -0.4 is 21.1 Å². The first-order chi connectivity index (χ1) is 11.7. The number of ether oxygens (including phenoxy) is 1. The van der Waals surface area contributed by atoms with Crippen molar-refractivity contribution in [3.8, 4) is 0 Å². The quantitative estimate of drug-likeness (QED) is 0.522. The zero-order chi connectivity index (χ0) is 18.9. The maximum absolute atomic E-state index is 11.3. The van der Waals surface area contributed by atoms with Gasteiger partial charge in [0.15, 0.2) is 6.17 Å². The van der Waals surface area contributed by atoms with E-state index in [9.17, 15) is 14.7 Å². The molecule has 1 aliphatic heterocycles. The minimum absolute atomic E-state index is 0.0959. The monoisotopic (exact) mass is 353 g/mol. The van der Waals surface area contributed by atoms with Gasteiger partial charge in [-0.1, -0.05) is 30.3 Å². The second kappa shape index (κ2) is 9.97. The molecule has 1 aliphatic rings. The molecular formula is C17H27N3O5. The number of rotatable bonds is 3. The first-order valence-electron chi connectivity index (χ1n) is 8.16. The maximum atomic E-state index is 11.3. The van der Waals surface area contributed by atoms with Crippen LogP contribution in [0.4, 0.5) is 4.79 Å². The molecule has 0 saturated carbocycles. The number of alkyl carbamates (subject to hydrolysis) is 1. The number of nitrogens with two attached hydrogens (primary N) is 1. The van der Waals surface area contributed by atoms with Gasteiger partial charge in [-0.25, -0.2) is 4.79 Å². The molecule has 0 spiro atoms. The van der Waals surface area contributed by atoms with E-state index in [0.29, 0.717) is 5.56 Å². The van der Waals surface area contributed by atoms with Gasteiger partial charge in [-0.15, -0.1) is 0 Å². The van der Waals surface area contributed by atoms with Crippen LogP contribution in [0.3, 0.4) is 0 Å². The summed E-state index contributed by atoms with van der Waals surface area (Å²) in [6.45, 7) is 8.34. The molecule has 2 rings (SSSR count). The first-order valence-corrected chi connectivity index (χ1v) is 8.16. The molecule has 0 aliphatic carbocycles. The fourth-order valence-electron chi connectivity index (χ4n) is 2.07. The molecule has 140 valence electrons. The molecule has 1 amide bonds. The number of carboxylic acids is 1. The Balaban J connectivity index is 0.000000257. The van der Waals surface area contributed by atoms with Crippen molar-refractivity contribution in [3.05, 3.63) is 35.9 Å². The second-order valence-corrected chi connectivity index (χ2v) is 6.61. The fourth-order valence-corrected chi connectivity index (χ4v) is 2.07. The Morgan fingerprint density at radius 3 is 2.48 bits per heavy atom. The van der Waals surface area contributed by atoms with E-state index >= 15 is 0 Å². The van der Waals surface area contributed by atoms with Crippen molar-refractivity contribution in [3.63, 3.8) is 0 Å². The van der Waals surface area contributed by atoms with Gasteiger partial charge in [-0.05, 0) is 26.3 Å². The molecule has 1 saturated heterocycles. The number of carbonyl (C=O) groups is 2. The van der Waals surface area contributed by atoms with Crippen LogP contribution in [0.2, 0.25) is 0 Å². The third-order valence-corrected chi connectivity index (χ3v) is 3.18. The molecule has 1 fully saturated rings. The highest BCUT2D eigenvalue weighted by atomic mass is 16.6. The van der Waals surface area contributed by atoms with Gasteiger partial charge < -0.3 is 30.4 Å². The molecule has 0 aromatic heterocycles. The molecular weight excluding hydrogens is 326 g/mol. The van der Waals surface area contributed by atoms with Crippen LogP contribution in [0.5, 0.6) is 0 Å². The highest BCUT2D eigenvalue weighted by molar-refractivity contribution is 5.71. The van der Waals surface area contributed by atoms with Gasteiger partial charge in [0.1, 0.15) is 11.7 Å². The summed E-state index contributed by atoms with van der Waals surface area (Å²) < 4.78 is 5.14. The lowest BCUT2D eigenvalue weighted by Gasteiger charge is -2.24. The lowest BCUT2D eigenvalue weighted by atomic mass is 10.1. The minimum atomic E-state index is -1.52. The molecule has 0 bridgehead atoms. The van der Waals surface area contributed by atoms with E-state index in [4.69, 9.17) is 9.84 Å². The summed E-state index contributed by atoms with van der Waals surface area (Å²) in [5.74, 6) is -1.48. The third-order valence-electron chi connectivity index (χ3n) is 3.18. The zero-order valence-electron chi connectivity index (χ0n) is 14.8. The fraction of sp³-hybridized carbons (Fsp3) is 0.529. The van der Waals surface area contributed by atoms with Crippen molar-refractivity contribution in [2.45, 2.75) is 38.6 Å². The molecule has 1 aromatic carbocycles. The van der Waals surface area contributed by atoms with E-state index in [1.807, 2.05) is 20.8 Å². The van der Waals surface area contributed by atoms with E-state index in [1.54, 1.807) is 18.2 Å². The summed E-state index contributed by atoms with van der Waals surface area (Å²) in [5.41, 5.74) is -0.0841. The minimum Gasteiger partial charge on any atom is -0.547 e. The van der Waals surface area contributed by atoms with Gasteiger partial charge in [0.25, 0.3) is 0 Å². The Morgan fingerprint density at radius 1 is 1.36 bits per heavy atom. The van der Waals surface area contributed by atoms with Crippen LogP contribution in [0.15, 0.2) is 30.3 Å². The van der Waals surface area contributed by atoms with Gasteiger partial charge in [-0.3, -0.25) is 5.32 Å². The lowest BCUT2D eigenvalue weighted by Crippen LogP contribution is -2.98. The van der Waals surface area contributed by atoms with Gasteiger partial charge in [0, 0.05) is 6.54 Å². The number of hydrogen-bond donors (Lipinski definition) is 4. The Bertz CT molecular complexity index is 539. The number of piperazine rings is 1. The smallest absolute Gasteiger partial charge is 0.412 e. The van der Waals surface area contributed by atoms with Gasteiger partial charge in [0.05, 0.1) is 19.1 Å². The van der Waals surface area contributed by atoms with Gasteiger partial charge in [0.2, 0.25) is 0 Å². The number of nitrogens with one attached hydrogen (secondary N) is 2. The molecule has 5 N–H and O–H groups in total. The van der Waals surface area contributed by atoms with E-state index < -0.39 is 17.7 Å². The molecule has 1 aromatic rings. The number of amides is 1. The number of carbonyl (C=O) groups excluding carboxylic acids is 2. The SMILES string of the molecule is CC(C)(C)OC(=O)N[C@@H]1CNCC[NH2+]1.O=C([O-])[C@@H](O)c1ccccc1. The highest BCUT2D eigenvalue weighted by Crippen LogP contribution is 2.09. The van der Waals surface area contributed by atoms with E-state index in [-0.39, 0.29) is 12.3 Å². The number of benzene rings is 1. The van der Waals surface area contributed by atoms with Crippen LogP contribution in [-0.2, 0) is 9.53 Å². The standard InChI is InChI=1S/C9H19N3O2.C8H8O3/c1-9(2,3)14-8(13)12-7-6-10-4-5-11-7;9-7(8(10)11)6-4-2-1-3-5-6/h7,10-11H,4-6H2,1-3H3,(H,12,13);1-5,7,9H,(H,10,11)/t2*7-/m10/s1. The molecule has 8 heteroatoms. The first kappa shape index (κ1) is 20.9. The topological polar surface area (TPSA) is 127 Å². The van der Waals surface area contributed by atoms with E-state index in [2.05, 4.69) is 16.0 Å². The predicted octanol–water partition coefficient (Wildman–Crippen LogP) is -1.53. The van der Waals surface area contributed by atoms with Crippen molar-refractivity contribution in [1.29, 1.82) is 0 Å². The number of hydrogen-bond acceptors (Lipinski definition) is 6. The predicted molar refractivity (Wildman–Crippen MR) is 89.2 cm³/mol. The van der Waals surface area contributed by atoms with Gasteiger partial charge >= 0.3 is 6.09 Å². The molecule has 1 heterocycles. The average molecular weight is 353 g/mol. The van der Waals surface area contributed by atoms with Crippen LogP contribution in [0, 0.1) is 0 Å². The Kier molecular flexibility index (Phi) is 8.33. The number of aliphatic hydroxyl groups is 1.